The van der Waals surface area contributed by atoms with Crippen LogP contribution in [0.15, 0.2) is 22.7 Å². The maximum absolute atomic E-state index is 13.0. The van der Waals surface area contributed by atoms with Crippen molar-refractivity contribution in [1.29, 1.82) is 0 Å². The number of hydrogen-bond donors (Lipinski definition) is 1. The molecule has 0 fully saturated rings. The van der Waals surface area contributed by atoms with Gasteiger partial charge in [0.1, 0.15) is 5.82 Å². The van der Waals surface area contributed by atoms with Gasteiger partial charge in [-0.2, -0.15) is 0 Å². The average molecular weight is 256 g/mol. The number of hydrogen-bond acceptors (Lipinski definition) is 0. The Bertz CT molecular complexity index is 473. The molecule has 0 saturated carbocycles. The minimum atomic E-state index is -0.201. The van der Waals surface area contributed by atoms with Crippen LogP contribution in [0.5, 0.6) is 0 Å². The summed E-state index contributed by atoms with van der Waals surface area (Å²) in [5.74, 6) is 0.201. The molecule has 0 bridgehead atoms. The Morgan fingerprint density at radius 3 is 2.71 bits per heavy atom. The Hall–Kier alpha value is -0.830. The first kappa shape index (κ1) is 9.71. The maximum atomic E-state index is 13.0. The van der Waals surface area contributed by atoms with Gasteiger partial charge in [-0.15, -0.1) is 0 Å². The van der Waals surface area contributed by atoms with Crippen LogP contribution in [-0.2, 0) is 0 Å². The normalized spacial score (nSPS) is 11.5. The molecule has 0 atom stereocenters. The number of aromatic amines is 1. The second-order valence-electron chi connectivity index (χ2n) is 3.70. The van der Waals surface area contributed by atoms with E-state index in [4.69, 9.17) is 0 Å². The van der Waals surface area contributed by atoms with Gasteiger partial charge in [-0.25, -0.2) is 4.39 Å². The number of halogens is 2. The number of nitrogens with one attached hydrogen (secondary N) is 1. The number of rotatable bonds is 1. The third kappa shape index (κ3) is 1.46. The molecular formula is C11H11BrFN. The molecule has 1 nitrogen and oxygen atoms in total. The lowest BCUT2D eigenvalue weighted by atomic mass is 10.1. The van der Waals surface area contributed by atoms with Crippen molar-refractivity contribution in [2.75, 3.05) is 0 Å². The fraction of sp³-hybridized carbons (Fsp3) is 0.273. The van der Waals surface area contributed by atoms with Gasteiger partial charge in [0.15, 0.2) is 0 Å². The molecule has 0 unspecified atom stereocenters. The van der Waals surface area contributed by atoms with Crippen LogP contribution < -0.4 is 0 Å². The van der Waals surface area contributed by atoms with E-state index in [1.807, 2.05) is 0 Å². The average Bonchev–Trinajstić information content (AvgIpc) is 2.44. The lowest BCUT2D eigenvalue weighted by molar-refractivity contribution is 0.629. The second kappa shape index (κ2) is 3.39. The van der Waals surface area contributed by atoms with Crippen molar-refractivity contribution in [3.63, 3.8) is 0 Å². The largest absolute Gasteiger partial charge is 0.357 e. The lowest BCUT2D eigenvalue weighted by Gasteiger charge is -2.00. The summed E-state index contributed by atoms with van der Waals surface area (Å²) in [4.78, 5) is 3.28. The van der Waals surface area contributed by atoms with Crippen molar-refractivity contribution in [1.82, 2.24) is 4.98 Å². The van der Waals surface area contributed by atoms with Crippen molar-refractivity contribution >= 4 is 26.8 Å². The molecule has 3 heteroatoms. The minimum absolute atomic E-state index is 0.201. The van der Waals surface area contributed by atoms with E-state index in [1.54, 1.807) is 12.1 Å². The van der Waals surface area contributed by atoms with Crippen molar-refractivity contribution in [2.45, 2.75) is 19.8 Å². The first-order valence-corrected chi connectivity index (χ1v) is 5.35. The summed E-state index contributed by atoms with van der Waals surface area (Å²) in [5.41, 5.74) is 2.09. The Kier molecular flexibility index (Phi) is 2.35. The van der Waals surface area contributed by atoms with Crippen LogP contribution in [0.25, 0.3) is 10.9 Å². The van der Waals surface area contributed by atoms with E-state index < -0.39 is 0 Å². The first-order valence-electron chi connectivity index (χ1n) is 4.56. The summed E-state index contributed by atoms with van der Waals surface area (Å²) in [6.45, 7) is 4.21. The smallest absolute Gasteiger partial charge is 0.123 e. The molecular weight excluding hydrogens is 245 g/mol. The van der Waals surface area contributed by atoms with Crippen LogP contribution in [0.2, 0.25) is 0 Å². The highest BCUT2D eigenvalue weighted by Crippen LogP contribution is 2.32. The Morgan fingerprint density at radius 1 is 1.36 bits per heavy atom. The van der Waals surface area contributed by atoms with Crippen LogP contribution in [0.3, 0.4) is 0 Å². The van der Waals surface area contributed by atoms with Crippen LogP contribution in [0, 0.1) is 5.82 Å². The highest BCUT2D eigenvalue weighted by molar-refractivity contribution is 9.10. The molecule has 2 rings (SSSR count). The SMILES string of the molecule is CC(C)c1[nH]c2ccc(F)cc2c1Br. The third-order valence-electron chi connectivity index (χ3n) is 2.30. The summed E-state index contributed by atoms with van der Waals surface area (Å²) in [5, 5.41) is 0.911. The van der Waals surface area contributed by atoms with Crippen molar-refractivity contribution < 1.29 is 4.39 Å². The topological polar surface area (TPSA) is 15.8 Å². The fourth-order valence-electron chi connectivity index (χ4n) is 1.55. The van der Waals surface area contributed by atoms with E-state index in [9.17, 15) is 4.39 Å². The van der Waals surface area contributed by atoms with Crippen LogP contribution in [-0.4, -0.2) is 4.98 Å². The second-order valence-corrected chi connectivity index (χ2v) is 4.49. The van der Waals surface area contributed by atoms with E-state index in [0.29, 0.717) is 5.92 Å². The molecule has 2 aromatic rings. The summed E-state index contributed by atoms with van der Waals surface area (Å²) in [6.07, 6.45) is 0. The zero-order valence-corrected chi connectivity index (χ0v) is 9.65. The van der Waals surface area contributed by atoms with Crippen molar-refractivity contribution in [3.8, 4) is 0 Å². The zero-order chi connectivity index (χ0) is 10.3. The highest BCUT2D eigenvalue weighted by atomic mass is 79.9. The number of H-pyrrole nitrogens is 1. The highest BCUT2D eigenvalue weighted by Gasteiger charge is 2.11. The third-order valence-corrected chi connectivity index (χ3v) is 3.16. The van der Waals surface area contributed by atoms with Crippen molar-refractivity contribution in [3.05, 3.63) is 34.2 Å². The summed E-state index contributed by atoms with van der Waals surface area (Å²) in [6, 6.07) is 4.78. The van der Waals surface area contributed by atoms with Gasteiger partial charge in [0, 0.05) is 21.1 Å². The predicted molar refractivity (Wildman–Crippen MR) is 60.0 cm³/mol. The molecule has 1 aromatic heterocycles. The molecule has 74 valence electrons. The molecule has 1 heterocycles. The minimum Gasteiger partial charge on any atom is -0.357 e. The molecule has 0 aliphatic heterocycles. The molecule has 0 aliphatic rings. The van der Waals surface area contributed by atoms with E-state index in [0.717, 1.165) is 21.1 Å². The quantitative estimate of drug-likeness (QED) is 0.787. The molecule has 0 spiro atoms. The van der Waals surface area contributed by atoms with E-state index >= 15 is 0 Å². The number of fused-ring (bicyclic) bond motifs is 1. The Balaban J connectivity index is 2.74. The van der Waals surface area contributed by atoms with Crippen LogP contribution >= 0.6 is 15.9 Å². The van der Waals surface area contributed by atoms with Crippen molar-refractivity contribution in [2.24, 2.45) is 0 Å². The van der Waals surface area contributed by atoms with Gasteiger partial charge in [0.2, 0.25) is 0 Å². The molecule has 14 heavy (non-hydrogen) atoms. The predicted octanol–water partition coefficient (Wildman–Crippen LogP) is 4.19. The molecule has 0 aliphatic carbocycles. The van der Waals surface area contributed by atoms with Crippen LogP contribution in [0.1, 0.15) is 25.5 Å². The first-order chi connectivity index (χ1) is 6.59. The zero-order valence-electron chi connectivity index (χ0n) is 8.07. The number of aromatic nitrogens is 1. The summed E-state index contributed by atoms with van der Waals surface area (Å²) >= 11 is 3.49. The molecule has 0 radical (unpaired) electrons. The van der Waals surface area contributed by atoms with Gasteiger partial charge in [-0.1, -0.05) is 13.8 Å². The fourth-order valence-corrected chi connectivity index (χ4v) is 2.43. The lowest BCUT2D eigenvalue weighted by Crippen LogP contribution is -1.86. The Labute approximate surface area is 90.5 Å². The maximum Gasteiger partial charge on any atom is 0.123 e. The number of benzene rings is 1. The van der Waals surface area contributed by atoms with Gasteiger partial charge >= 0.3 is 0 Å². The van der Waals surface area contributed by atoms with Gasteiger partial charge in [-0.05, 0) is 40.0 Å². The van der Waals surface area contributed by atoms with Gasteiger partial charge < -0.3 is 4.98 Å². The molecule has 0 saturated heterocycles. The standard InChI is InChI=1S/C11H11BrFN/c1-6(2)11-10(12)8-5-7(13)3-4-9(8)14-11/h3-6,14H,1-2H3. The summed E-state index contributed by atoms with van der Waals surface area (Å²) in [7, 11) is 0. The Morgan fingerprint density at radius 2 is 2.07 bits per heavy atom. The molecule has 1 N–H and O–H groups in total. The monoisotopic (exact) mass is 255 g/mol. The van der Waals surface area contributed by atoms with E-state index in [1.165, 1.54) is 6.07 Å². The van der Waals surface area contributed by atoms with Crippen LogP contribution in [0.4, 0.5) is 4.39 Å². The molecule has 0 amide bonds. The van der Waals surface area contributed by atoms with E-state index in [2.05, 4.69) is 34.8 Å². The summed E-state index contributed by atoms with van der Waals surface area (Å²) < 4.78 is 14.0. The van der Waals surface area contributed by atoms with Gasteiger partial charge in [0.05, 0.1) is 0 Å². The molecule has 1 aromatic carbocycles. The van der Waals surface area contributed by atoms with E-state index in [-0.39, 0.29) is 5.82 Å². The van der Waals surface area contributed by atoms with Gasteiger partial charge in [0.25, 0.3) is 0 Å². The van der Waals surface area contributed by atoms with Gasteiger partial charge in [-0.3, -0.25) is 0 Å².